The predicted molar refractivity (Wildman–Crippen MR) is 338 cm³/mol. The van der Waals surface area contributed by atoms with Crippen LogP contribution in [0.25, 0.3) is 87.8 Å². The Morgan fingerprint density at radius 1 is 0.304 bits per heavy atom. The quantitative estimate of drug-likeness (QED) is 0.160. The minimum atomic E-state index is -0.122. The van der Waals surface area contributed by atoms with Gasteiger partial charge >= 0.3 is 0 Å². The van der Waals surface area contributed by atoms with Crippen LogP contribution in [0.3, 0.4) is 0 Å². The van der Waals surface area contributed by atoms with Gasteiger partial charge in [-0.05, 0) is 146 Å². The Morgan fingerprint density at radius 2 is 0.797 bits per heavy atom. The van der Waals surface area contributed by atoms with Crippen LogP contribution in [0.15, 0.2) is 237 Å². The third-order valence-corrected chi connectivity index (χ3v) is 17.5. The second-order valence-corrected chi connectivity index (χ2v) is 24.2. The van der Waals surface area contributed by atoms with E-state index < -0.39 is 0 Å². The highest BCUT2D eigenvalue weighted by Crippen LogP contribution is 2.50. The van der Waals surface area contributed by atoms with Crippen LogP contribution in [0.4, 0.5) is 34.1 Å². The van der Waals surface area contributed by atoms with E-state index in [1.54, 1.807) is 0 Å². The van der Waals surface area contributed by atoms with Gasteiger partial charge in [-0.1, -0.05) is 193 Å². The zero-order valence-corrected chi connectivity index (χ0v) is 45.4. The van der Waals surface area contributed by atoms with E-state index in [0.717, 1.165) is 17.1 Å². The minimum absolute atomic E-state index is 0.00649. The third kappa shape index (κ3) is 6.75. The standard InChI is InChI=1S/C74H57BN4/c1-73(2,3)50-33-37-65-57(39-50)59-40-51(74(4,5)6)41-60-58-44-62-68(45-67(58)79(65)72(59)60)77(52-24-14-9-15-25-52)70-43-54(78-63-28-18-16-26-55(63)56-27-17-19-29-64(56)78)42-69-71(70)75(62)61-38-49(47-22-12-8-13-23-47)32-36-66(61)76(69)53-34-30-48(31-35-53)46-20-10-7-11-21-46/h7-45H,1-6H3. The number of hydrogen-bond acceptors (Lipinski definition) is 2. The number of rotatable bonds is 5. The van der Waals surface area contributed by atoms with Gasteiger partial charge in [-0.25, -0.2) is 0 Å². The van der Waals surface area contributed by atoms with Gasteiger partial charge in [0.25, 0.3) is 6.71 Å². The fraction of sp³-hybridized carbons (Fsp3) is 0.108. The first-order valence-electron chi connectivity index (χ1n) is 27.9. The zero-order chi connectivity index (χ0) is 53.1. The molecule has 2 aliphatic heterocycles. The molecule has 0 radical (unpaired) electrons. The number of fused-ring (bicyclic) bond motifs is 13. The van der Waals surface area contributed by atoms with Gasteiger partial charge in [0.05, 0.1) is 33.3 Å². The summed E-state index contributed by atoms with van der Waals surface area (Å²) in [5, 5.41) is 7.71. The van der Waals surface area contributed by atoms with E-state index in [1.165, 1.54) is 132 Å². The van der Waals surface area contributed by atoms with Crippen LogP contribution in [0, 0.1) is 0 Å². The van der Waals surface area contributed by atoms with E-state index in [4.69, 9.17) is 0 Å². The number of anilines is 6. The Morgan fingerprint density at radius 3 is 1.42 bits per heavy atom. The topological polar surface area (TPSA) is 15.8 Å². The Hall–Kier alpha value is -9.32. The van der Waals surface area contributed by atoms with Crippen molar-refractivity contribution < 1.29 is 0 Å². The van der Waals surface area contributed by atoms with Crippen LogP contribution in [-0.4, -0.2) is 15.7 Å². The summed E-state index contributed by atoms with van der Waals surface area (Å²) in [5.41, 5.74) is 25.5. The van der Waals surface area contributed by atoms with Crippen molar-refractivity contribution in [1.82, 2.24) is 8.97 Å². The molecule has 2 aliphatic rings. The van der Waals surface area contributed by atoms with Crippen molar-refractivity contribution in [3.63, 3.8) is 0 Å². The van der Waals surface area contributed by atoms with Gasteiger partial charge in [0.2, 0.25) is 0 Å². The van der Waals surface area contributed by atoms with E-state index >= 15 is 0 Å². The van der Waals surface area contributed by atoms with Gasteiger partial charge in [-0.15, -0.1) is 0 Å². The first-order valence-corrected chi connectivity index (χ1v) is 27.9. The lowest BCUT2D eigenvalue weighted by Crippen LogP contribution is -2.61. The van der Waals surface area contributed by atoms with Gasteiger partial charge < -0.3 is 18.8 Å². The molecule has 0 aliphatic carbocycles. The van der Waals surface area contributed by atoms with Crippen LogP contribution < -0.4 is 26.2 Å². The summed E-state index contributed by atoms with van der Waals surface area (Å²) in [5.74, 6) is 0. The van der Waals surface area contributed by atoms with Crippen molar-refractivity contribution in [1.29, 1.82) is 0 Å². The minimum Gasteiger partial charge on any atom is -0.311 e. The third-order valence-electron chi connectivity index (χ3n) is 17.5. The Labute approximate surface area is 461 Å². The molecule has 4 nitrogen and oxygen atoms in total. The lowest BCUT2D eigenvalue weighted by Gasteiger charge is -2.44. The normalized spacial score (nSPS) is 13.4. The molecule has 79 heavy (non-hydrogen) atoms. The number of hydrogen-bond donors (Lipinski definition) is 0. The van der Waals surface area contributed by atoms with E-state index in [-0.39, 0.29) is 17.5 Å². The Kier molecular flexibility index (Phi) is 9.63. The lowest BCUT2D eigenvalue weighted by atomic mass is 9.33. The molecule has 0 saturated heterocycles. The first-order chi connectivity index (χ1) is 38.5. The summed E-state index contributed by atoms with van der Waals surface area (Å²) in [6.07, 6.45) is 0. The summed E-state index contributed by atoms with van der Waals surface area (Å²) in [7, 11) is 0. The molecule has 0 N–H and O–H groups in total. The molecule has 0 fully saturated rings. The smallest absolute Gasteiger partial charge is 0.252 e. The summed E-state index contributed by atoms with van der Waals surface area (Å²) in [6, 6.07) is 89.5. The van der Waals surface area contributed by atoms with Crippen LogP contribution >= 0.6 is 0 Å². The molecular formula is C74H57BN4. The van der Waals surface area contributed by atoms with Crippen molar-refractivity contribution in [3.05, 3.63) is 248 Å². The van der Waals surface area contributed by atoms with Gasteiger partial charge in [0.1, 0.15) is 0 Å². The molecular weight excluding hydrogens is 956 g/mol. The second-order valence-electron chi connectivity index (χ2n) is 24.2. The second kappa shape index (κ2) is 16.6. The molecule has 14 aromatic rings. The van der Waals surface area contributed by atoms with Gasteiger partial charge in [-0.3, -0.25) is 0 Å². The number of benzene rings is 11. The first kappa shape index (κ1) is 45.8. The highest BCUT2D eigenvalue weighted by Gasteiger charge is 2.45. The molecule has 3 aromatic heterocycles. The molecule has 0 amide bonds. The van der Waals surface area contributed by atoms with Crippen molar-refractivity contribution >= 4 is 117 Å². The molecule has 0 unspecified atom stereocenters. The van der Waals surface area contributed by atoms with Gasteiger partial charge in [0.15, 0.2) is 0 Å². The maximum absolute atomic E-state index is 2.60. The number of nitrogens with zero attached hydrogens (tertiary/aromatic N) is 4. The average Bonchev–Trinajstić information content (AvgIpc) is 2.99. The summed E-state index contributed by atoms with van der Waals surface area (Å²) < 4.78 is 5.09. The fourth-order valence-corrected chi connectivity index (χ4v) is 13.6. The summed E-state index contributed by atoms with van der Waals surface area (Å²) in [6.45, 7) is 13.9. The van der Waals surface area contributed by atoms with E-state index in [0.29, 0.717) is 0 Å². The molecule has 5 heterocycles. The molecule has 0 atom stereocenters. The maximum Gasteiger partial charge on any atom is 0.252 e. The van der Waals surface area contributed by atoms with Gasteiger partial charge in [0, 0.05) is 66.4 Å². The van der Waals surface area contributed by atoms with Crippen LogP contribution in [0.5, 0.6) is 0 Å². The average molecular weight is 1010 g/mol. The SMILES string of the molecule is CC(C)(C)c1ccc2c(c1)c1cc(C(C)(C)C)cc3c4cc5c(cc4n2c13)N(c1ccccc1)c1cc(-n2c3ccccc3c3ccccc32)cc2c1B5c1cc(-c3ccccc3)ccc1N2c1ccc(-c2ccccc2)cc1. The summed E-state index contributed by atoms with van der Waals surface area (Å²) >= 11 is 0. The molecule has 376 valence electrons. The van der Waals surface area contributed by atoms with Crippen molar-refractivity contribution in [2.45, 2.75) is 52.4 Å². The maximum atomic E-state index is 2.60. The number of aromatic nitrogens is 2. The molecule has 0 saturated carbocycles. The predicted octanol–water partition coefficient (Wildman–Crippen LogP) is 17.9. The molecule has 16 rings (SSSR count). The monoisotopic (exact) mass is 1010 g/mol. The Bertz CT molecular complexity index is 4730. The molecule has 11 aromatic carbocycles. The van der Waals surface area contributed by atoms with Crippen molar-refractivity contribution in [2.24, 2.45) is 0 Å². The lowest BCUT2D eigenvalue weighted by molar-refractivity contribution is 0.590. The van der Waals surface area contributed by atoms with Crippen molar-refractivity contribution in [3.8, 4) is 27.9 Å². The van der Waals surface area contributed by atoms with Gasteiger partial charge in [-0.2, -0.15) is 0 Å². The van der Waals surface area contributed by atoms with Crippen LogP contribution in [-0.2, 0) is 10.8 Å². The highest BCUT2D eigenvalue weighted by atomic mass is 15.2. The van der Waals surface area contributed by atoms with E-state index in [9.17, 15) is 0 Å². The van der Waals surface area contributed by atoms with E-state index in [1.807, 2.05) is 0 Å². The fourth-order valence-electron chi connectivity index (χ4n) is 13.6. The zero-order valence-electron chi connectivity index (χ0n) is 45.4. The molecule has 0 bridgehead atoms. The summed E-state index contributed by atoms with van der Waals surface area (Å²) in [4.78, 5) is 5.16. The molecule has 5 heteroatoms. The molecule has 0 spiro atoms. The van der Waals surface area contributed by atoms with Crippen molar-refractivity contribution in [2.75, 3.05) is 9.80 Å². The van der Waals surface area contributed by atoms with E-state index in [2.05, 4.69) is 297 Å². The van der Waals surface area contributed by atoms with Crippen LogP contribution in [0.2, 0.25) is 0 Å². The number of para-hydroxylation sites is 3. The van der Waals surface area contributed by atoms with Crippen LogP contribution in [0.1, 0.15) is 52.7 Å². The highest BCUT2D eigenvalue weighted by molar-refractivity contribution is 7.00. The largest absolute Gasteiger partial charge is 0.311 e. The Balaban J connectivity index is 1.06.